The fourth-order valence-electron chi connectivity index (χ4n) is 3.36. The number of carbonyl (C=O) groups excluding carboxylic acids is 1. The first-order chi connectivity index (χ1) is 12.3. The summed E-state index contributed by atoms with van der Waals surface area (Å²) in [6.45, 7) is 6.27. The number of nitrogens with zero attached hydrogens (tertiary/aromatic N) is 3. The number of ether oxygens (including phenoxy) is 1. The molecule has 2 aliphatic rings. The Bertz CT molecular complexity index is 778. The minimum atomic E-state index is -3.50. The van der Waals surface area contributed by atoms with Crippen LogP contribution in [0.4, 0.5) is 5.69 Å². The maximum Gasteiger partial charge on any atom is 0.263 e. The van der Waals surface area contributed by atoms with Gasteiger partial charge in [0.15, 0.2) is 6.10 Å². The summed E-state index contributed by atoms with van der Waals surface area (Å²) in [5.74, 6) is 0.278. The fourth-order valence-corrected chi connectivity index (χ4v) is 4.46. The molecule has 144 valence electrons. The van der Waals surface area contributed by atoms with E-state index in [-0.39, 0.29) is 12.5 Å². The number of amides is 1. The summed E-state index contributed by atoms with van der Waals surface area (Å²) in [6.07, 6.45) is 0.741. The van der Waals surface area contributed by atoms with E-state index < -0.39 is 16.1 Å². The van der Waals surface area contributed by atoms with Gasteiger partial charge in [-0.05, 0) is 24.7 Å². The van der Waals surface area contributed by atoms with E-state index in [1.54, 1.807) is 18.2 Å². The van der Waals surface area contributed by atoms with Gasteiger partial charge in [0.1, 0.15) is 5.75 Å². The number of hydrogen-bond acceptors (Lipinski definition) is 5. The Morgan fingerprint density at radius 3 is 2.54 bits per heavy atom. The molecule has 0 radical (unpaired) electrons. The molecule has 0 saturated carbocycles. The Morgan fingerprint density at radius 1 is 1.23 bits per heavy atom. The molecular weight excluding hydrogens is 378 g/mol. The standard InChI is InChI=1S/C17H24ClN3O4S/c1-3-19-8-10-20(11-9-19)17(22)16-6-7-21(26(2,23)24)14-12-13(18)4-5-15(14)25-16/h4-5,12,16H,3,6-11H2,1-2H3. The van der Waals surface area contributed by atoms with Crippen molar-refractivity contribution in [3.8, 4) is 5.75 Å². The van der Waals surface area contributed by atoms with Crippen LogP contribution in [0.3, 0.4) is 0 Å². The van der Waals surface area contributed by atoms with Gasteiger partial charge < -0.3 is 14.5 Å². The van der Waals surface area contributed by atoms with Crippen LogP contribution in [-0.2, 0) is 14.8 Å². The van der Waals surface area contributed by atoms with Crippen molar-refractivity contribution >= 4 is 33.2 Å². The minimum absolute atomic E-state index is 0.0861. The van der Waals surface area contributed by atoms with Gasteiger partial charge in [0, 0.05) is 44.2 Å². The van der Waals surface area contributed by atoms with Crippen LogP contribution in [0.25, 0.3) is 0 Å². The van der Waals surface area contributed by atoms with E-state index in [9.17, 15) is 13.2 Å². The normalized spacial score (nSPS) is 21.7. The molecule has 1 fully saturated rings. The van der Waals surface area contributed by atoms with E-state index in [1.807, 2.05) is 4.90 Å². The lowest BCUT2D eigenvalue weighted by Crippen LogP contribution is -2.52. The summed E-state index contributed by atoms with van der Waals surface area (Å²) in [5, 5.41) is 0.418. The molecule has 3 rings (SSSR count). The second-order valence-corrected chi connectivity index (χ2v) is 8.95. The van der Waals surface area contributed by atoms with Crippen LogP contribution in [0.5, 0.6) is 5.75 Å². The van der Waals surface area contributed by atoms with Gasteiger partial charge in [0.25, 0.3) is 5.91 Å². The molecule has 2 heterocycles. The molecule has 26 heavy (non-hydrogen) atoms. The van der Waals surface area contributed by atoms with Gasteiger partial charge >= 0.3 is 0 Å². The number of hydrogen-bond donors (Lipinski definition) is 0. The third-order valence-corrected chi connectivity index (χ3v) is 6.28. The van der Waals surface area contributed by atoms with Crippen molar-refractivity contribution < 1.29 is 17.9 Å². The maximum absolute atomic E-state index is 12.9. The molecule has 0 bridgehead atoms. The maximum atomic E-state index is 12.9. The quantitative estimate of drug-likeness (QED) is 0.766. The number of carbonyl (C=O) groups is 1. The SMILES string of the molecule is CCN1CCN(C(=O)C2CCN(S(C)(=O)=O)c3cc(Cl)ccc3O2)CC1. The zero-order chi connectivity index (χ0) is 18.9. The predicted molar refractivity (Wildman–Crippen MR) is 101 cm³/mol. The molecule has 1 unspecified atom stereocenters. The van der Waals surface area contributed by atoms with E-state index in [4.69, 9.17) is 16.3 Å². The Labute approximate surface area is 159 Å². The van der Waals surface area contributed by atoms with Gasteiger partial charge in [-0.3, -0.25) is 9.10 Å². The lowest BCUT2D eigenvalue weighted by molar-refractivity contribution is -0.140. The molecule has 1 saturated heterocycles. The van der Waals surface area contributed by atoms with E-state index >= 15 is 0 Å². The van der Waals surface area contributed by atoms with Crippen molar-refractivity contribution in [1.82, 2.24) is 9.80 Å². The highest BCUT2D eigenvalue weighted by atomic mass is 35.5. The molecular formula is C17H24ClN3O4S. The molecule has 1 atom stereocenters. The van der Waals surface area contributed by atoms with Gasteiger partial charge in [-0.15, -0.1) is 0 Å². The molecule has 0 N–H and O–H groups in total. The number of sulfonamides is 1. The largest absolute Gasteiger partial charge is 0.478 e. The number of halogens is 1. The van der Waals surface area contributed by atoms with Crippen molar-refractivity contribution in [2.75, 3.05) is 49.8 Å². The van der Waals surface area contributed by atoms with Crippen LogP contribution >= 0.6 is 11.6 Å². The zero-order valence-electron chi connectivity index (χ0n) is 15.0. The summed E-state index contributed by atoms with van der Waals surface area (Å²) in [4.78, 5) is 17.0. The van der Waals surface area contributed by atoms with Crippen LogP contribution in [0.15, 0.2) is 18.2 Å². The molecule has 0 aliphatic carbocycles. The number of likely N-dealkylation sites (N-methyl/N-ethyl adjacent to an activating group) is 1. The van der Waals surface area contributed by atoms with Crippen molar-refractivity contribution in [2.45, 2.75) is 19.4 Å². The minimum Gasteiger partial charge on any atom is -0.478 e. The lowest BCUT2D eigenvalue weighted by Gasteiger charge is -2.35. The van der Waals surface area contributed by atoms with Gasteiger partial charge in [-0.1, -0.05) is 18.5 Å². The third kappa shape index (κ3) is 4.07. The van der Waals surface area contributed by atoms with Crippen LogP contribution in [0.1, 0.15) is 13.3 Å². The van der Waals surface area contributed by atoms with Gasteiger partial charge in [-0.2, -0.15) is 0 Å². The van der Waals surface area contributed by atoms with Crippen molar-refractivity contribution in [1.29, 1.82) is 0 Å². The van der Waals surface area contributed by atoms with Crippen LogP contribution in [0.2, 0.25) is 5.02 Å². The van der Waals surface area contributed by atoms with Gasteiger partial charge in [0.05, 0.1) is 11.9 Å². The molecule has 1 amide bonds. The summed E-state index contributed by atoms with van der Waals surface area (Å²) in [5.41, 5.74) is 0.381. The lowest BCUT2D eigenvalue weighted by atomic mass is 10.2. The van der Waals surface area contributed by atoms with Gasteiger partial charge in [0.2, 0.25) is 10.0 Å². The Hall–Kier alpha value is -1.51. The molecule has 1 aromatic carbocycles. The number of piperazine rings is 1. The first kappa shape index (κ1) is 19.3. The average Bonchev–Trinajstić information content (AvgIpc) is 2.80. The van der Waals surface area contributed by atoms with E-state index in [0.29, 0.717) is 36.0 Å². The molecule has 2 aliphatic heterocycles. The number of anilines is 1. The summed E-state index contributed by atoms with van der Waals surface area (Å²) < 4.78 is 31.6. The fraction of sp³-hybridized carbons (Fsp3) is 0.588. The van der Waals surface area contributed by atoms with Gasteiger partial charge in [-0.25, -0.2) is 8.42 Å². The van der Waals surface area contributed by atoms with E-state index in [1.165, 1.54) is 4.31 Å². The predicted octanol–water partition coefficient (Wildman–Crippen LogP) is 1.42. The monoisotopic (exact) mass is 401 g/mol. The Balaban J connectivity index is 1.82. The smallest absolute Gasteiger partial charge is 0.263 e. The number of rotatable bonds is 3. The average molecular weight is 402 g/mol. The number of fused-ring (bicyclic) bond motifs is 1. The second-order valence-electron chi connectivity index (χ2n) is 6.60. The summed E-state index contributed by atoms with van der Waals surface area (Å²) in [7, 11) is -3.50. The summed E-state index contributed by atoms with van der Waals surface area (Å²) in [6, 6.07) is 4.81. The van der Waals surface area contributed by atoms with Crippen molar-refractivity contribution in [3.63, 3.8) is 0 Å². The van der Waals surface area contributed by atoms with Crippen LogP contribution < -0.4 is 9.04 Å². The van der Waals surface area contributed by atoms with Crippen LogP contribution in [0, 0.1) is 0 Å². The molecule has 9 heteroatoms. The Kier molecular flexibility index (Phi) is 5.64. The highest BCUT2D eigenvalue weighted by Gasteiger charge is 2.34. The molecule has 0 aromatic heterocycles. The first-order valence-electron chi connectivity index (χ1n) is 8.74. The highest BCUT2D eigenvalue weighted by molar-refractivity contribution is 7.92. The zero-order valence-corrected chi connectivity index (χ0v) is 16.6. The molecule has 0 spiro atoms. The molecule has 1 aromatic rings. The summed E-state index contributed by atoms with van der Waals surface area (Å²) >= 11 is 6.04. The number of benzene rings is 1. The first-order valence-corrected chi connectivity index (χ1v) is 11.0. The second kappa shape index (κ2) is 7.62. The van der Waals surface area contributed by atoms with E-state index in [2.05, 4.69) is 11.8 Å². The topological polar surface area (TPSA) is 70.2 Å². The molecule has 7 nitrogen and oxygen atoms in total. The van der Waals surface area contributed by atoms with E-state index in [0.717, 1.165) is 25.9 Å². The highest BCUT2D eigenvalue weighted by Crippen LogP contribution is 2.36. The van der Waals surface area contributed by atoms with Crippen molar-refractivity contribution in [2.24, 2.45) is 0 Å². The third-order valence-electron chi connectivity index (χ3n) is 4.86. The Morgan fingerprint density at radius 2 is 1.92 bits per heavy atom. The van der Waals surface area contributed by atoms with Crippen LogP contribution in [-0.4, -0.2) is 75.8 Å². The van der Waals surface area contributed by atoms with Crippen molar-refractivity contribution in [3.05, 3.63) is 23.2 Å².